The zero-order valence-corrected chi connectivity index (χ0v) is 10.7. The summed E-state index contributed by atoms with van der Waals surface area (Å²) in [5.41, 5.74) is -0.135. The van der Waals surface area contributed by atoms with E-state index in [-0.39, 0.29) is 5.57 Å². The van der Waals surface area contributed by atoms with Crippen LogP contribution in [0.2, 0.25) is 0 Å². The Hall–Kier alpha value is -2.70. The molecule has 0 amide bonds. The molecule has 2 rings (SSSR count). The summed E-state index contributed by atoms with van der Waals surface area (Å²) >= 11 is 0. The number of ether oxygens (including phenoxy) is 1. The van der Waals surface area contributed by atoms with Crippen LogP contribution in [-0.2, 0) is 4.79 Å². The van der Waals surface area contributed by atoms with Crippen LogP contribution in [0.15, 0.2) is 48.1 Å². The zero-order chi connectivity index (χ0) is 16.3. The quantitative estimate of drug-likeness (QED) is 0.272. The van der Waals surface area contributed by atoms with Gasteiger partial charge in [0.2, 0.25) is 34.8 Å². The fraction of sp³-hybridized carbons (Fsp3) is 0. The molecular weight excluding hydrogens is 307 g/mol. The summed E-state index contributed by atoms with van der Waals surface area (Å²) in [4.78, 5) is 11.8. The summed E-state index contributed by atoms with van der Waals surface area (Å²) < 4.78 is 70.1. The minimum Gasteiger partial charge on any atom is -0.416 e. The van der Waals surface area contributed by atoms with E-state index in [0.29, 0.717) is 0 Å². The monoisotopic (exact) mass is 314 g/mol. The van der Waals surface area contributed by atoms with E-state index in [0.717, 1.165) is 0 Å². The van der Waals surface area contributed by atoms with Gasteiger partial charge in [-0.25, -0.2) is 18.0 Å². The molecule has 0 N–H and O–H groups in total. The lowest BCUT2D eigenvalue weighted by Gasteiger charge is -2.09. The second kappa shape index (κ2) is 6.38. The van der Waals surface area contributed by atoms with Crippen molar-refractivity contribution < 1.29 is 31.5 Å². The SMILES string of the molecule is O=C(Oc1c(F)c(F)c(F)c(F)c1F)C1=C/C=C\C=C/C=C\1. The first kappa shape index (κ1) is 15.7. The molecule has 114 valence electrons. The second-order valence-electron chi connectivity index (χ2n) is 4.04. The molecule has 0 unspecified atom stereocenters. The van der Waals surface area contributed by atoms with Crippen molar-refractivity contribution in [1.82, 2.24) is 0 Å². The summed E-state index contributed by atoms with van der Waals surface area (Å²) in [6, 6.07) is 0. The predicted octanol–water partition coefficient (Wildman–Crippen LogP) is 3.90. The fourth-order valence-electron chi connectivity index (χ4n) is 1.53. The highest BCUT2D eigenvalue weighted by Gasteiger charge is 2.28. The third-order valence-corrected chi connectivity index (χ3v) is 2.60. The van der Waals surface area contributed by atoms with Gasteiger partial charge in [0, 0.05) is 0 Å². The standard InChI is InChI=1S/C15H7F5O2/c16-9-10(17)12(19)14(13(20)11(9)18)22-15(21)8-6-4-2-1-3-5-7-8/h1-7H/b2-1-,3-1?,4-2?,5-3-,6-4-,7-5?,8-6?,8-7+. The predicted molar refractivity (Wildman–Crippen MR) is 67.4 cm³/mol. The smallest absolute Gasteiger partial charge is 0.343 e. The molecule has 1 aliphatic rings. The molecule has 0 heterocycles. The molecule has 0 aromatic heterocycles. The number of carbonyl (C=O) groups excluding carboxylic acids is 1. The number of hydrogen-bond donors (Lipinski definition) is 0. The molecule has 0 spiro atoms. The van der Waals surface area contributed by atoms with Gasteiger partial charge in [0.25, 0.3) is 0 Å². The fourth-order valence-corrected chi connectivity index (χ4v) is 1.53. The molecular formula is C15H7F5O2. The average Bonchev–Trinajstić information content (AvgIpc) is 2.47. The number of benzene rings is 1. The van der Waals surface area contributed by atoms with E-state index in [1.54, 1.807) is 18.2 Å². The topological polar surface area (TPSA) is 26.3 Å². The molecule has 0 saturated heterocycles. The molecule has 2 nitrogen and oxygen atoms in total. The van der Waals surface area contributed by atoms with Crippen molar-refractivity contribution in [3.63, 3.8) is 0 Å². The highest BCUT2D eigenvalue weighted by atomic mass is 19.2. The Kier molecular flexibility index (Phi) is 4.55. The van der Waals surface area contributed by atoms with Gasteiger partial charge in [-0.3, -0.25) is 0 Å². The van der Waals surface area contributed by atoms with Gasteiger partial charge in [-0.15, -0.1) is 0 Å². The molecule has 22 heavy (non-hydrogen) atoms. The first-order chi connectivity index (χ1) is 10.4. The second-order valence-corrected chi connectivity index (χ2v) is 4.04. The number of halogens is 5. The molecule has 0 saturated carbocycles. The van der Waals surface area contributed by atoms with E-state index in [4.69, 9.17) is 0 Å². The van der Waals surface area contributed by atoms with Crippen LogP contribution >= 0.6 is 0 Å². The van der Waals surface area contributed by atoms with Crippen LogP contribution in [-0.4, -0.2) is 5.97 Å². The maximum absolute atomic E-state index is 13.4. The zero-order valence-electron chi connectivity index (χ0n) is 10.7. The molecule has 0 bridgehead atoms. The van der Waals surface area contributed by atoms with E-state index >= 15 is 0 Å². The Morgan fingerprint density at radius 2 is 1.23 bits per heavy atom. The summed E-state index contributed by atoms with van der Waals surface area (Å²) in [6.07, 6.45) is 10.2. The van der Waals surface area contributed by atoms with E-state index in [9.17, 15) is 26.7 Å². The summed E-state index contributed by atoms with van der Waals surface area (Å²) in [5, 5.41) is 0. The minimum atomic E-state index is -2.33. The maximum atomic E-state index is 13.4. The van der Waals surface area contributed by atoms with Crippen LogP contribution in [0.5, 0.6) is 5.75 Å². The lowest BCUT2D eigenvalue weighted by atomic mass is 10.2. The molecule has 0 fully saturated rings. The van der Waals surface area contributed by atoms with E-state index in [2.05, 4.69) is 4.74 Å². The highest BCUT2D eigenvalue weighted by Crippen LogP contribution is 2.29. The maximum Gasteiger partial charge on any atom is 0.343 e. The third-order valence-electron chi connectivity index (χ3n) is 2.60. The van der Waals surface area contributed by atoms with Crippen molar-refractivity contribution in [3.05, 3.63) is 77.2 Å². The van der Waals surface area contributed by atoms with Gasteiger partial charge in [-0.05, 0) is 12.2 Å². The number of rotatable bonds is 2. The molecule has 0 aliphatic heterocycles. The largest absolute Gasteiger partial charge is 0.416 e. The van der Waals surface area contributed by atoms with Gasteiger partial charge < -0.3 is 4.74 Å². The summed E-state index contributed by atoms with van der Waals surface area (Å²) in [6.45, 7) is 0. The molecule has 1 aromatic carbocycles. The van der Waals surface area contributed by atoms with Crippen LogP contribution in [0.3, 0.4) is 0 Å². The summed E-state index contributed by atoms with van der Waals surface area (Å²) in [5.74, 6) is -14.0. The van der Waals surface area contributed by atoms with Gasteiger partial charge in [0.05, 0.1) is 5.57 Å². The van der Waals surface area contributed by atoms with Crippen molar-refractivity contribution >= 4 is 5.97 Å². The Balaban J connectivity index is 2.37. The molecule has 7 heteroatoms. The van der Waals surface area contributed by atoms with Gasteiger partial charge in [-0.2, -0.15) is 8.78 Å². The summed E-state index contributed by atoms with van der Waals surface area (Å²) in [7, 11) is 0. The number of carbonyl (C=O) groups is 1. The van der Waals surface area contributed by atoms with Crippen LogP contribution in [0, 0.1) is 29.1 Å². The molecule has 0 radical (unpaired) electrons. The Morgan fingerprint density at radius 3 is 1.86 bits per heavy atom. The first-order valence-electron chi connectivity index (χ1n) is 5.88. The number of allylic oxidation sites excluding steroid dienone is 6. The molecule has 0 atom stereocenters. The van der Waals surface area contributed by atoms with Gasteiger partial charge >= 0.3 is 5.97 Å². The molecule has 1 aromatic rings. The molecule has 1 aliphatic carbocycles. The Labute approximate surface area is 121 Å². The van der Waals surface area contributed by atoms with Crippen LogP contribution in [0.1, 0.15) is 0 Å². The van der Waals surface area contributed by atoms with Crippen molar-refractivity contribution in [2.24, 2.45) is 0 Å². The lowest BCUT2D eigenvalue weighted by Crippen LogP contribution is -2.14. The van der Waals surface area contributed by atoms with Crippen LogP contribution in [0.4, 0.5) is 22.0 Å². The van der Waals surface area contributed by atoms with E-state index in [1.807, 2.05) is 0 Å². The highest BCUT2D eigenvalue weighted by molar-refractivity contribution is 5.93. The first-order valence-corrected chi connectivity index (χ1v) is 5.88. The van der Waals surface area contributed by atoms with Gasteiger partial charge in [-0.1, -0.05) is 30.4 Å². The van der Waals surface area contributed by atoms with Crippen molar-refractivity contribution in [3.8, 4) is 5.75 Å². The normalized spacial score (nSPS) is 20.3. The van der Waals surface area contributed by atoms with Crippen molar-refractivity contribution in [2.45, 2.75) is 0 Å². The minimum absolute atomic E-state index is 0.135. The lowest BCUT2D eigenvalue weighted by molar-refractivity contribution is -0.130. The Bertz CT molecular complexity index is 716. The van der Waals surface area contributed by atoms with Crippen LogP contribution in [0.25, 0.3) is 0 Å². The average molecular weight is 314 g/mol. The van der Waals surface area contributed by atoms with Crippen LogP contribution < -0.4 is 4.74 Å². The third kappa shape index (κ3) is 2.98. The van der Waals surface area contributed by atoms with Gasteiger partial charge in [0.15, 0.2) is 0 Å². The Morgan fingerprint density at radius 1 is 0.727 bits per heavy atom. The van der Waals surface area contributed by atoms with Gasteiger partial charge in [0.1, 0.15) is 0 Å². The number of esters is 1. The number of hydrogen-bond acceptors (Lipinski definition) is 2. The van der Waals surface area contributed by atoms with Crippen molar-refractivity contribution in [2.75, 3.05) is 0 Å². The van der Waals surface area contributed by atoms with Crippen molar-refractivity contribution in [1.29, 1.82) is 0 Å². The van der Waals surface area contributed by atoms with E-state index < -0.39 is 40.8 Å². The van der Waals surface area contributed by atoms with E-state index in [1.165, 1.54) is 24.3 Å².